The van der Waals surface area contributed by atoms with Gasteiger partial charge in [-0.3, -0.25) is 9.69 Å². The highest BCUT2D eigenvalue weighted by atomic mass is 79.9. The van der Waals surface area contributed by atoms with Gasteiger partial charge in [-0.1, -0.05) is 71.1 Å². The number of hydrogen-bond donors (Lipinski definition) is 0. The quantitative estimate of drug-likeness (QED) is 0.315. The molecule has 0 aliphatic carbocycles. The summed E-state index contributed by atoms with van der Waals surface area (Å²) in [6, 6.07) is 19.6. The molecule has 1 amide bonds. The van der Waals surface area contributed by atoms with Crippen LogP contribution in [0.25, 0.3) is 17.4 Å². The van der Waals surface area contributed by atoms with Gasteiger partial charge in [0, 0.05) is 16.1 Å². The maximum atomic E-state index is 12.9. The highest BCUT2D eigenvalue weighted by Crippen LogP contribution is 2.36. The third kappa shape index (κ3) is 3.85. The van der Waals surface area contributed by atoms with E-state index < -0.39 is 0 Å². The maximum Gasteiger partial charge on any atom is 0.270 e. The molecule has 6 heteroatoms. The van der Waals surface area contributed by atoms with Gasteiger partial charge in [-0.2, -0.15) is 0 Å². The summed E-state index contributed by atoms with van der Waals surface area (Å²) in [6.07, 6.45) is 2.71. The number of benzene rings is 2. The Labute approximate surface area is 181 Å². The number of furan rings is 1. The van der Waals surface area contributed by atoms with Crippen LogP contribution in [0, 0.1) is 0 Å². The molecule has 3 aromatic rings. The number of amides is 1. The van der Waals surface area contributed by atoms with Crippen LogP contribution in [-0.4, -0.2) is 10.2 Å². The number of halogens is 1. The summed E-state index contributed by atoms with van der Waals surface area (Å²) >= 11 is 10.2. The van der Waals surface area contributed by atoms with Crippen molar-refractivity contribution < 1.29 is 9.21 Å². The van der Waals surface area contributed by atoms with Crippen molar-refractivity contribution in [2.75, 3.05) is 4.90 Å². The van der Waals surface area contributed by atoms with Crippen molar-refractivity contribution in [3.8, 4) is 11.3 Å². The molecule has 1 saturated heterocycles. The van der Waals surface area contributed by atoms with E-state index in [9.17, 15) is 4.79 Å². The molecule has 1 aliphatic rings. The second-order valence-electron chi connectivity index (χ2n) is 6.25. The average Bonchev–Trinajstić information content (AvgIpc) is 3.27. The number of thioether (sulfide) groups is 1. The van der Waals surface area contributed by atoms with Crippen LogP contribution in [0.1, 0.15) is 18.2 Å². The topological polar surface area (TPSA) is 33.5 Å². The minimum Gasteiger partial charge on any atom is -0.457 e. The van der Waals surface area contributed by atoms with E-state index in [0.29, 0.717) is 15.0 Å². The first-order chi connectivity index (χ1) is 13.5. The molecule has 4 rings (SSSR count). The Morgan fingerprint density at radius 3 is 2.46 bits per heavy atom. The molecule has 1 fully saturated rings. The Morgan fingerprint density at radius 1 is 1.07 bits per heavy atom. The lowest BCUT2D eigenvalue weighted by molar-refractivity contribution is -0.113. The van der Waals surface area contributed by atoms with E-state index >= 15 is 0 Å². The molecule has 2 heterocycles. The lowest BCUT2D eigenvalue weighted by atomic mass is 10.1. The molecular weight excluding hydrogens is 454 g/mol. The van der Waals surface area contributed by atoms with Crippen LogP contribution in [-0.2, 0) is 11.2 Å². The van der Waals surface area contributed by atoms with Gasteiger partial charge in [0.2, 0.25) is 0 Å². The Kier molecular flexibility index (Phi) is 5.53. The molecule has 0 saturated carbocycles. The van der Waals surface area contributed by atoms with Gasteiger partial charge in [0.15, 0.2) is 4.32 Å². The van der Waals surface area contributed by atoms with Gasteiger partial charge in [0.1, 0.15) is 11.5 Å². The van der Waals surface area contributed by atoms with Crippen molar-refractivity contribution in [3.05, 3.63) is 81.4 Å². The largest absolute Gasteiger partial charge is 0.457 e. The first-order valence-electron chi connectivity index (χ1n) is 8.78. The lowest BCUT2D eigenvalue weighted by Crippen LogP contribution is -2.27. The monoisotopic (exact) mass is 469 g/mol. The Hall–Kier alpha value is -2.15. The summed E-state index contributed by atoms with van der Waals surface area (Å²) in [5, 5.41) is 0. The summed E-state index contributed by atoms with van der Waals surface area (Å²) in [7, 11) is 0. The van der Waals surface area contributed by atoms with E-state index in [2.05, 4.69) is 22.9 Å². The molecule has 0 radical (unpaired) electrons. The summed E-state index contributed by atoms with van der Waals surface area (Å²) in [4.78, 5) is 15.0. The number of carbonyl (C=O) groups excluding carboxylic acids is 1. The second-order valence-corrected chi connectivity index (χ2v) is 8.84. The summed E-state index contributed by atoms with van der Waals surface area (Å²) in [5.41, 5.74) is 2.99. The van der Waals surface area contributed by atoms with Gasteiger partial charge < -0.3 is 4.42 Å². The highest BCUT2D eigenvalue weighted by Gasteiger charge is 2.33. The minimum atomic E-state index is -0.124. The number of anilines is 1. The Balaban J connectivity index is 1.58. The number of rotatable bonds is 4. The van der Waals surface area contributed by atoms with Gasteiger partial charge in [0.25, 0.3) is 5.91 Å². The standard InChI is InChI=1S/C22H16BrNO2S2/c1-2-14-3-9-17(10-4-14)24-21(25)20(28-22(24)27)13-18-11-12-19(26-18)15-5-7-16(23)8-6-15/h3-13H,2H2,1H3. The highest BCUT2D eigenvalue weighted by molar-refractivity contribution is 9.10. The van der Waals surface area contributed by atoms with Crippen molar-refractivity contribution >= 4 is 61.9 Å². The average molecular weight is 470 g/mol. The van der Waals surface area contributed by atoms with E-state index in [4.69, 9.17) is 16.6 Å². The fourth-order valence-electron chi connectivity index (χ4n) is 2.90. The molecular formula is C22H16BrNO2S2. The van der Waals surface area contributed by atoms with Crippen molar-refractivity contribution in [3.63, 3.8) is 0 Å². The van der Waals surface area contributed by atoms with Crippen LogP contribution >= 0.6 is 39.9 Å². The van der Waals surface area contributed by atoms with Gasteiger partial charge >= 0.3 is 0 Å². The molecule has 0 unspecified atom stereocenters. The summed E-state index contributed by atoms with van der Waals surface area (Å²) in [6.45, 7) is 2.10. The van der Waals surface area contributed by atoms with Crippen molar-refractivity contribution in [1.82, 2.24) is 0 Å². The zero-order valence-electron chi connectivity index (χ0n) is 15.0. The third-order valence-electron chi connectivity index (χ3n) is 4.43. The van der Waals surface area contributed by atoms with Gasteiger partial charge in [-0.05, 0) is 48.4 Å². The Morgan fingerprint density at radius 2 is 1.79 bits per heavy atom. The first-order valence-corrected chi connectivity index (χ1v) is 10.8. The molecule has 0 bridgehead atoms. The number of carbonyl (C=O) groups is 1. The Bertz CT molecular complexity index is 1070. The van der Waals surface area contributed by atoms with Crippen molar-refractivity contribution in [2.24, 2.45) is 0 Å². The fraction of sp³-hybridized carbons (Fsp3) is 0.0909. The van der Waals surface area contributed by atoms with Crippen molar-refractivity contribution in [2.45, 2.75) is 13.3 Å². The molecule has 28 heavy (non-hydrogen) atoms. The van der Waals surface area contributed by atoms with Crippen molar-refractivity contribution in [1.29, 1.82) is 0 Å². The van der Waals surface area contributed by atoms with Crippen LogP contribution in [0.4, 0.5) is 5.69 Å². The van der Waals surface area contributed by atoms with Crippen LogP contribution in [0.3, 0.4) is 0 Å². The first kappa shape index (κ1) is 19.2. The molecule has 1 aromatic heterocycles. The molecule has 0 N–H and O–H groups in total. The summed E-state index contributed by atoms with van der Waals surface area (Å²) < 4.78 is 7.45. The number of nitrogens with zero attached hydrogens (tertiary/aromatic N) is 1. The van der Waals surface area contributed by atoms with Crippen LogP contribution in [0.5, 0.6) is 0 Å². The molecule has 0 spiro atoms. The van der Waals surface area contributed by atoms with E-state index in [0.717, 1.165) is 27.9 Å². The zero-order valence-corrected chi connectivity index (χ0v) is 18.2. The smallest absolute Gasteiger partial charge is 0.270 e. The van der Waals surface area contributed by atoms with Crippen LogP contribution in [0.15, 0.2) is 74.5 Å². The molecule has 1 aliphatic heterocycles. The number of aryl methyl sites for hydroxylation is 1. The normalized spacial score (nSPS) is 15.6. The maximum absolute atomic E-state index is 12.9. The molecule has 2 aromatic carbocycles. The van der Waals surface area contributed by atoms with Gasteiger partial charge in [-0.25, -0.2) is 0 Å². The molecule has 3 nitrogen and oxygen atoms in total. The van der Waals surface area contributed by atoms with Gasteiger partial charge in [-0.15, -0.1) is 0 Å². The predicted molar refractivity (Wildman–Crippen MR) is 123 cm³/mol. The van der Waals surface area contributed by atoms with Crippen LogP contribution < -0.4 is 4.90 Å². The predicted octanol–water partition coefficient (Wildman–Crippen LogP) is 6.68. The number of hydrogen-bond acceptors (Lipinski definition) is 4. The zero-order chi connectivity index (χ0) is 19.7. The third-order valence-corrected chi connectivity index (χ3v) is 6.26. The minimum absolute atomic E-state index is 0.124. The fourth-order valence-corrected chi connectivity index (χ4v) is 4.44. The van der Waals surface area contributed by atoms with E-state index in [-0.39, 0.29) is 5.91 Å². The molecule has 0 atom stereocenters. The van der Waals surface area contributed by atoms with Gasteiger partial charge in [0.05, 0.1) is 10.6 Å². The molecule has 140 valence electrons. The van der Waals surface area contributed by atoms with E-state index in [1.54, 1.807) is 11.0 Å². The van der Waals surface area contributed by atoms with E-state index in [1.807, 2.05) is 60.7 Å². The van der Waals surface area contributed by atoms with E-state index in [1.165, 1.54) is 17.3 Å². The SMILES string of the molecule is CCc1ccc(N2C(=O)C(=Cc3ccc(-c4ccc(Br)cc4)o3)SC2=S)cc1. The summed E-state index contributed by atoms with van der Waals surface area (Å²) in [5.74, 6) is 1.25. The number of thiocarbonyl (C=S) groups is 1. The lowest BCUT2D eigenvalue weighted by Gasteiger charge is -2.14. The second kappa shape index (κ2) is 8.07. The van der Waals surface area contributed by atoms with Crippen LogP contribution in [0.2, 0.25) is 0 Å².